The lowest BCUT2D eigenvalue weighted by Gasteiger charge is -2.41. The lowest BCUT2D eigenvalue weighted by atomic mass is 9.85. The summed E-state index contributed by atoms with van der Waals surface area (Å²) in [5, 5.41) is 50.2. The predicted octanol–water partition coefficient (Wildman–Crippen LogP) is 10.1. The van der Waals surface area contributed by atoms with Crippen LogP contribution in [-0.4, -0.2) is 98.9 Å². The van der Waals surface area contributed by atoms with Crippen LogP contribution >= 0.6 is 7.82 Å². The van der Waals surface area contributed by atoms with Crippen LogP contribution in [0.15, 0.2) is 24.3 Å². The van der Waals surface area contributed by atoms with Gasteiger partial charge in [-0.3, -0.25) is 13.8 Å². The molecule has 354 valence electrons. The molecule has 0 amide bonds. The summed E-state index contributed by atoms with van der Waals surface area (Å²) in [5.41, 5.74) is 0. The highest BCUT2D eigenvalue weighted by molar-refractivity contribution is 7.47. The SMILES string of the molecule is CCCCC/C=C\C/C=C\CCCCCCCC(=O)OC(COCCCCCCCCCCCCCCCCCCCC)COP(=O)(O)OC1C(O)C(O)C(O)C(O)C1O. The third-order valence-electron chi connectivity index (χ3n) is 11.3. The number of phosphoric acid groups is 1. The standard InChI is InChI=1S/C47H89O12P/c1-3-5-7-9-11-13-15-17-19-20-21-23-25-27-29-31-33-35-37-56-38-40(39-57-60(54,55)59-47-45(52)43(50)42(49)44(51)46(47)53)58-41(48)36-34-32-30-28-26-24-22-18-16-14-12-10-8-6-4-2/h12,14,18,22,40,42-47,49-53H,3-11,13,15-17,19-21,23-39H2,1-2H3,(H,54,55)/b14-12-,22-18-. The fourth-order valence-corrected chi connectivity index (χ4v) is 8.42. The van der Waals surface area contributed by atoms with Gasteiger partial charge in [-0.1, -0.05) is 179 Å². The lowest BCUT2D eigenvalue weighted by Crippen LogP contribution is -2.64. The van der Waals surface area contributed by atoms with Gasteiger partial charge < -0.3 is 39.9 Å². The van der Waals surface area contributed by atoms with E-state index in [4.69, 9.17) is 18.5 Å². The van der Waals surface area contributed by atoms with Crippen molar-refractivity contribution < 1.29 is 58.3 Å². The minimum Gasteiger partial charge on any atom is -0.457 e. The number of unbranched alkanes of at least 4 members (excludes halogenated alkanes) is 25. The largest absolute Gasteiger partial charge is 0.472 e. The molecule has 1 fully saturated rings. The van der Waals surface area contributed by atoms with Crippen molar-refractivity contribution >= 4 is 13.8 Å². The van der Waals surface area contributed by atoms with Gasteiger partial charge in [-0.05, 0) is 44.9 Å². The van der Waals surface area contributed by atoms with Crippen molar-refractivity contribution in [2.24, 2.45) is 0 Å². The van der Waals surface area contributed by atoms with Gasteiger partial charge >= 0.3 is 13.8 Å². The average molecular weight is 877 g/mol. The molecule has 0 bridgehead atoms. The summed E-state index contributed by atoms with van der Waals surface area (Å²) in [6.07, 6.45) is 31.0. The van der Waals surface area contributed by atoms with Gasteiger partial charge in [0.05, 0.1) is 13.2 Å². The highest BCUT2D eigenvalue weighted by Gasteiger charge is 2.51. The van der Waals surface area contributed by atoms with E-state index in [1.165, 1.54) is 116 Å². The lowest BCUT2D eigenvalue weighted by molar-refractivity contribution is -0.220. The molecular weight excluding hydrogens is 787 g/mol. The number of rotatable bonds is 41. The Bertz CT molecular complexity index is 1090. The number of hydrogen-bond acceptors (Lipinski definition) is 11. The molecule has 0 aromatic rings. The first kappa shape index (κ1) is 56.8. The molecule has 0 spiro atoms. The van der Waals surface area contributed by atoms with Gasteiger partial charge in [0.2, 0.25) is 0 Å². The molecule has 13 heteroatoms. The zero-order valence-corrected chi connectivity index (χ0v) is 38.7. The Labute approximate surface area is 364 Å². The van der Waals surface area contributed by atoms with Crippen LogP contribution in [0.1, 0.15) is 206 Å². The highest BCUT2D eigenvalue weighted by atomic mass is 31.2. The third kappa shape index (κ3) is 30.0. The molecule has 1 saturated carbocycles. The normalized spacial score (nSPS) is 22.5. The number of carbonyl (C=O) groups is 1. The molecule has 0 heterocycles. The Balaban J connectivity index is 2.37. The van der Waals surface area contributed by atoms with E-state index in [1.807, 2.05) is 0 Å². The van der Waals surface area contributed by atoms with Crippen LogP contribution in [0.4, 0.5) is 0 Å². The summed E-state index contributed by atoms with van der Waals surface area (Å²) < 4.78 is 34.2. The van der Waals surface area contributed by atoms with Crippen molar-refractivity contribution in [2.75, 3.05) is 19.8 Å². The quantitative estimate of drug-likeness (QED) is 0.0148. The second-order valence-corrected chi connectivity index (χ2v) is 18.4. The van der Waals surface area contributed by atoms with E-state index >= 15 is 0 Å². The van der Waals surface area contributed by atoms with E-state index in [9.17, 15) is 39.8 Å². The minimum atomic E-state index is -5.02. The van der Waals surface area contributed by atoms with E-state index in [2.05, 4.69) is 38.2 Å². The molecule has 6 N–H and O–H groups in total. The van der Waals surface area contributed by atoms with Gasteiger partial charge in [0, 0.05) is 13.0 Å². The van der Waals surface area contributed by atoms with E-state index in [1.54, 1.807) is 0 Å². The van der Waals surface area contributed by atoms with Crippen LogP contribution in [-0.2, 0) is 27.9 Å². The maximum atomic E-state index is 12.8. The molecule has 12 nitrogen and oxygen atoms in total. The van der Waals surface area contributed by atoms with Gasteiger partial charge in [-0.2, -0.15) is 0 Å². The molecule has 1 aliphatic carbocycles. The first-order valence-corrected chi connectivity index (χ1v) is 25.7. The monoisotopic (exact) mass is 877 g/mol. The van der Waals surface area contributed by atoms with Crippen LogP contribution in [0.3, 0.4) is 0 Å². The van der Waals surface area contributed by atoms with E-state index in [0.717, 1.165) is 64.2 Å². The van der Waals surface area contributed by atoms with Gasteiger partial charge in [0.15, 0.2) is 0 Å². The number of phosphoric ester groups is 1. The molecule has 0 aliphatic heterocycles. The Kier molecular flexibility index (Phi) is 36.3. The highest BCUT2D eigenvalue weighted by Crippen LogP contribution is 2.47. The zero-order chi connectivity index (χ0) is 44.1. The van der Waals surface area contributed by atoms with Crippen molar-refractivity contribution in [3.05, 3.63) is 24.3 Å². The molecule has 6 unspecified atom stereocenters. The number of aliphatic hydroxyl groups excluding tert-OH is 5. The molecule has 0 aromatic heterocycles. The first-order valence-electron chi connectivity index (χ1n) is 24.2. The van der Waals surface area contributed by atoms with Crippen molar-refractivity contribution in [2.45, 2.75) is 249 Å². The number of aliphatic hydroxyl groups is 5. The number of esters is 1. The fourth-order valence-electron chi connectivity index (χ4n) is 7.45. The maximum absolute atomic E-state index is 12.8. The van der Waals surface area contributed by atoms with Crippen molar-refractivity contribution in [3.63, 3.8) is 0 Å². The second kappa shape index (κ2) is 38.3. The summed E-state index contributed by atoms with van der Waals surface area (Å²) >= 11 is 0. The summed E-state index contributed by atoms with van der Waals surface area (Å²) in [5.74, 6) is -0.488. The number of hydrogen-bond donors (Lipinski definition) is 6. The van der Waals surface area contributed by atoms with E-state index < -0.39 is 63.1 Å². The molecule has 60 heavy (non-hydrogen) atoms. The minimum absolute atomic E-state index is 0.0782. The van der Waals surface area contributed by atoms with E-state index in [-0.39, 0.29) is 13.0 Å². The first-order chi connectivity index (χ1) is 29.0. The van der Waals surface area contributed by atoms with Crippen LogP contribution in [0.5, 0.6) is 0 Å². The Hall–Kier alpha value is -1.18. The smallest absolute Gasteiger partial charge is 0.457 e. The van der Waals surface area contributed by atoms with Gasteiger partial charge in [0.25, 0.3) is 0 Å². The molecule has 6 atom stereocenters. The molecule has 0 aromatic carbocycles. The van der Waals surface area contributed by atoms with Crippen LogP contribution in [0.2, 0.25) is 0 Å². The fraction of sp³-hybridized carbons (Fsp3) is 0.894. The van der Waals surface area contributed by atoms with Crippen LogP contribution in [0, 0.1) is 0 Å². The molecular formula is C47H89O12P. The number of carbonyl (C=O) groups excluding carboxylic acids is 1. The predicted molar refractivity (Wildman–Crippen MR) is 240 cm³/mol. The molecule has 0 radical (unpaired) electrons. The van der Waals surface area contributed by atoms with Gasteiger partial charge in [0.1, 0.15) is 42.7 Å². The summed E-state index contributed by atoms with van der Waals surface area (Å²) in [6, 6.07) is 0. The van der Waals surface area contributed by atoms with Gasteiger partial charge in [-0.15, -0.1) is 0 Å². The van der Waals surface area contributed by atoms with Crippen molar-refractivity contribution in [3.8, 4) is 0 Å². The second-order valence-electron chi connectivity index (χ2n) is 17.0. The summed E-state index contributed by atoms with van der Waals surface area (Å²) in [4.78, 5) is 23.2. The summed E-state index contributed by atoms with van der Waals surface area (Å²) in [7, 11) is -5.02. The Morgan fingerprint density at radius 3 is 1.43 bits per heavy atom. The third-order valence-corrected chi connectivity index (χ3v) is 12.3. The van der Waals surface area contributed by atoms with Crippen LogP contribution < -0.4 is 0 Å². The van der Waals surface area contributed by atoms with E-state index in [0.29, 0.717) is 13.0 Å². The topological polar surface area (TPSA) is 192 Å². The Morgan fingerprint density at radius 2 is 0.933 bits per heavy atom. The van der Waals surface area contributed by atoms with Crippen molar-refractivity contribution in [1.82, 2.24) is 0 Å². The molecule has 1 rings (SSSR count). The van der Waals surface area contributed by atoms with Crippen LogP contribution in [0.25, 0.3) is 0 Å². The van der Waals surface area contributed by atoms with Crippen molar-refractivity contribution in [1.29, 1.82) is 0 Å². The number of allylic oxidation sites excluding steroid dienone is 4. The zero-order valence-electron chi connectivity index (χ0n) is 37.8. The Morgan fingerprint density at radius 1 is 0.533 bits per heavy atom. The average Bonchev–Trinajstić information content (AvgIpc) is 3.23. The molecule has 1 aliphatic rings. The maximum Gasteiger partial charge on any atom is 0.472 e. The molecule has 0 saturated heterocycles. The van der Waals surface area contributed by atoms with Gasteiger partial charge in [-0.25, -0.2) is 4.57 Å². The number of ether oxygens (including phenoxy) is 2. The summed E-state index contributed by atoms with van der Waals surface area (Å²) in [6.45, 7) is 4.24.